The smallest absolute Gasteiger partial charge is 0.123 e. The van der Waals surface area contributed by atoms with Crippen LogP contribution >= 0.6 is 0 Å². The van der Waals surface area contributed by atoms with Crippen LogP contribution in [0.25, 0.3) is 0 Å². The summed E-state index contributed by atoms with van der Waals surface area (Å²) in [5, 5.41) is 79.1. The van der Waals surface area contributed by atoms with Crippen LogP contribution in [0.1, 0.15) is 66.8 Å². The Labute approximate surface area is 431 Å². The Morgan fingerprint density at radius 1 is 0.216 bits per heavy atom. The van der Waals surface area contributed by atoms with Gasteiger partial charge in [0.25, 0.3) is 0 Å². The molecule has 0 amide bonds. The molecule has 74 heavy (non-hydrogen) atoms. The topological polar surface area (TPSA) is 236 Å². The van der Waals surface area contributed by atoms with E-state index in [1.165, 1.54) is 0 Å². The number of hydrogen-bond acceptors (Lipinski definition) is 16. The lowest BCUT2D eigenvalue weighted by molar-refractivity contribution is 0.195. The van der Waals surface area contributed by atoms with Gasteiger partial charge in [-0.05, 0) is 70.8 Å². The van der Waals surface area contributed by atoms with Crippen molar-refractivity contribution >= 4 is 0 Å². The van der Waals surface area contributed by atoms with E-state index in [-0.39, 0.29) is 119 Å². The molecule has 0 unspecified atom stereocenters. The van der Waals surface area contributed by atoms with Crippen LogP contribution in [0.3, 0.4) is 0 Å². The maximum Gasteiger partial charge on any atom is 0.123 e. The summed E-state index contributed by atoms with van der Waals surface area (Å²) in [6, 6.07) is 31.2. The highest BCUT2D eigenvalue weighted by Crippen LogP contribution is 2.40. The molecule has 8 N–H and O–H groups in total. The maximum absolute atomic E-state index is 9.90. The zero-order valence-electron chi connectivity index (χ0n) is 41.6. The van der Waals surface area contributed by atoms with E-state index < -0.39 is 0 Å². The van der Waals surface area contributed by atoms with Gasteiger partial charge in [0.15, 0.2) is 0 Å². The molecule has 0 radical (unpaired) electrons. The van der Waals surface area contributed by atoms with Crippen molar-refractivity contribution in [3.05, 3.63) is 164 Å². The standard InChI is InChI=1S/C58H68O16/c59-9-17-67-51-35-47-29-49-37-53(69-19-11-61)45(33-57(49)73-23-15-65)27-41-5-7-42(8-6-41)28-46-34-58(74-24-16-66)50(38-54(46)70-20-12-62)30-48-36-52(68-18-10-60)44(32-56(48)72-22-14-64)26-40-2-1-39(3-4-40)25-43(51)31-55(47)71-21-13-63/h1-8,31-38,59-66H,9-30H2. The third kappa shape index (κ3) is 15.2. The summed E-state index contributed by atoms with van der Waals surface area (Å²) in [6.45, 7) is -1.51. The van der Waals surface area contributed by atoms with Crippen LogP contribution in [0, 0.1) is 0 Å². The minimum atomic E-state index is -0.225. The molecule has 12 bridgehead atoms. The van der Waals surface area contributed by atoms with Crippen LogP contribution in [0.2, 0.25) is 0 Å². The highest BCUT2D eigenvalue weighted by atomic mass is 16.5. The molecule has 0 aliphatic heterocycles. The molecule has 0 aromatic heterocycles. The molecule has 0 saturated heterocycles. The van der Waals surface area contributed by atoms with Crippen LogP contribution in [0.5, 0.6) is 46.0 Å². The summed E-state index contributed by atoms with van der Waals surface area (Å²) in [4.78, 5) is 0. The lowest BCUT2D eigenvalue weighted by Gasteiger charge is -2.21. The van der Waals surface area contributed by atoms with Crippen molar-refractivity contribution in [2.45, 2.75) is 38.5 Å². The van der Waals surface area contributed by atoms with E-state index in [1.54, 1.807) is 0 Å². The first-order valence-electron chi connectivity index (χ1n) is 25.0. The lowest BCUT2D eigenvalue weighted by Crippen LogP contribution is -2.11. The Hall–Kier alpha value is -6.60. The van der Waals surface area contributed by atoms with Gasteiger partial charge >= 0.3 is 0 Å². The fourth-order valence-corrected chi connectivity index (χ4v) is 8.84. The van der Waals surface area contributed by atoms with Crippen LogP contribution < -0.4 is 37.9 Å². The fraction of sp³-hybridized carbons (Fsp3) is 0.379. The third-order valence-corrected chi connectivity index (χ3v) is 12.2. The van der Waals surface area contributed by atoms with Gasteiger partial charge in [-0.1, -0.05) is 48.5 Å². The number of ether oxygens (including phenoxy) is 8. The molecule has 396 valence electrons. The molecular weight excluding hydrogens is 953 g/mol. The van der Waals surface area contributed by atoms with Gasteiger partial charge in [0.05, 0.1) is 52.9 Å². The van der Waals surface area contributed by atoms with E-state index in [4.69, 9.17) is 37.9 Å². The van der Waals surface area contributed by atoms with Gasteiger partial charge in [-0.15, -0.1) is 0 Å². The van der Waals surface area contributed by atoms with Crippen LogP contribution in [0.4, 0.5) is 0 Å². The summed E-state index contributed by atoms with van der Waals surface area (Å²) in [5.41, 5.74) is 9.72. The second kappa shape index (κ2) is 28.7. The molecule has 6 aromatic rings. The van der Waals surface area contributed by atoms with E-state index in [0.29, 0.717) is 93.9 Å². The first-order valence-corrected chi connectivity index (χ1v) is 25.0. The molecule has 0 saturated carbocycles. The molecule has 0 spiro atoms. The average molecular weight is 1020 g/mol. The Morgan fingerprint density at radius 2 is 0.351 bits per heavy atom. The number of benzene rings is 6. The number of aliphatic hydroxyl groups is 8. The highest BCUT2D eigenvalue weighted by Gasteiger charge is 2.22. The normalized spacial score (nSPS) is 12.3. The third-order valence-electron chi connectivity index (χ3n) is 12.2. The Bertz CT molecular complexity index is 2320. The zero-order chi connectivity index (χ0) is 52.1. The Kier molecular flexibility index (Phi) is 21.4. The Morgan fingerprint density at radius 3 is 0.486 bits per heavy atom. The number of aliphatic hydroxyl groups excluding tert-OH is 8. The molecule has 16 heteroatoms. The molecule has 0 fully saturated rings. The predicted octanol–water partition coefficient (Wildman–Crippen LogP) is 4.51. The molecule has 22 rings (SSSR count). The number of rotatable bonds is 24. The van der Waals surface area contributed by atoms with Gasteiger partial charge in [-0.3, -0.25) is 0 Å². The highest BCUT2D eigenvalue weighted by molar-refractivity contribution is 5.57. The van der Waals surface area contributed by atoms with E-state index in [2.05, 4.69) is 0 Å². The first kappa shape index (κ1) is 55.2. The summed E-state index contributed by atoms with van der Waals surface area (Å²) >= 11 is 0. The van der Waals surface area contributed by atoms with Crippen molar-refractivity contribution in [2.24, 2.45) is 0 Å². The monoisotopic (exact) mass is 1020 g/mol. The summed E-state index contributed by atoms with van der Waals surface area (Å²) < 4.78 is 49.5. The van der Waals surface area contributed by atoms with Crippen molar-refractivity contribution in [1.29, 1.82) is 0 Å². The minimum absolute atomic E-state index is 0.0249. The largest absolute Gasteiger partial charge is 0.491 e. The van der Waals surface area contributed by atoms with E-state index in [1.807, 2.05) is 97.1 Å². The lowest BCUT2D eigenvalue weighted by atomic mass is 9.93. The van der Waals surface area contributed by atoms with Gasteiger partial charge in [-0.2, -0.15) is 0 Å². The van der Waals surface area contributed by atoms with Gasteiger partial charge in [-0.25, -0.2) is 0 Å². The fourth-order valence-electron chi connectivity index (χ4n) is 8.84. The van der Waals surface area contributed by atoms with E-state index in [9.17, 15) is 40.9 Å². The molecule has 16 nitrogen and oxygen atoms in total. The van der Waals surface area contributed by atoms with Crippen LogP contribution in [-0.2, 0) is 38.5 Å². The second-order valence-electron chi connectivity index (χ2n) is 17.5. The van der Waals surface area contributed by atoms with Crippen molar-refractivity contribution in [3.8, 4) is 46.0 Å². The number of hydrogen-bond donors (Lipinski definition) is 8. The van der Waals surface area contributed by atoms with Crippen molar-refractivity contribution in [1.82, 2.24) is 0 Å². The summed E-state index contributed by atoms with van der Waals surface area (Å²) in [5.74, 6) is 4.14. The van der Waals surface area contributed by atoms with Gasteiger partial charge in [0.2, 0.25) is 0 Å². The maximum atomic E-state index is 9.90. The van der Waals surface area contributed by atoms with E-state index in [0.717, 1.165) is 44.5 Å². The minimum Gasteiger partial charge on any atom is -0.491 e. The van der Waals surface area contributed by atoms with Crippen molar-refractivity contribution in [2.75, 3.05) is 106 Å². The Balaban J connectivity index is 1.40. The average Bonchev–Trinajstić information content (AvgIpc) is 3.41. The molecule has 16 aliphatic carbocycles. The molecule has 6 aromatic carbocycles. The molecule has 0 heterocycles. The molecule has 0 atom stereocenters. The SMILES string of the molecule is OCCOc1cc2c(OCCO)cc1Cc1ccc(cc1)Cc1cc(OCCO)c(cc1OCCO)Cc1cc(OCCO)c(cc1OCCO)Cc1ccc(cc1)Cc1cc(OCCO)c(cc1OCCO)C2. The molecule has 16 aliphatic rings. The quantitative estimate of drug-likeness (QED) is 0.0416. The van der Waals surface area contributed by atoms with Gasteiger partial charge < -0.3 is 78.7 Å². The summed E-state index contributed by atoms with van der Waals surface area (Å²) in [6.07, 6.45) is 2.21. The van der Waals surface area contributed by atoms with Crippen molar-refractivity contribution in [3.63, 3.8) is 0 Å². The second-order valence-corrected chi connectivity index (χ2v) is 17.5. The van der Waals surface area contributed by atoms with Gasteiger partial charge in [0, 0.05) is 83.0 Å². The molecular formula is C58H68O16. The van der Waals surface area contributed by atoms with Crippen LogP contribution in [-0.4, -0.2) is 147 Å². The van der Waals surface area contributed by atoms with Crippen molar-refractivity contribution < 1.29 is 78.7 Å². The predicted molar refractivity (Wildman–Crippen MR) is 276 cm³/mol. The first-order chi connectivity index (χ1) is 36.3. The zero-order valence-corrected chi connectivity index (χ0v) is 41.6. The van der Waals surface area contributed by atoms with Gasteiger partial charge in [0.1, 0.15) is 98.9 Å². The summed E-state index contributed by atoms with van der Waals surface area (Å²) in [7, 11) is 0. The van der Waals surface area contributed by atoms with Crippen LogP contribution in [0.15, 0.2) is 97.1 Å². The van der Waals surface area contributed by atoms with E-state index >= 15 is 0 Å².